The Balaban J connectivity index is 2.92. The van der Waals surface area contributed by atoms with E-state index >= 15 is 0 Å². The fraction of sp³-hybridized carbons (Fsp3) is 0.364. The molecule has 1 atom stereocenters. The normalized spacial score (nSPS) is 11.9. The van der Waals surface area contributed by atoms with Gasteiger partial charge in [0.05, 0.1) is 19.6 Å². The lowest BCUT2D eigenvalue weighted by molar-refractivity contribution is 0.411. The van der Waals surface area contributed by atoms with Crippen molar-refractivity contribution in [3.8, 4) is 11.8 Å². The van der Waals surface area contributed by atoms with E-state index in [0.29, 0.717) is 6.42 Å². The van der Waals surface area contributed by atoms with Crippen molar-refractivity contribution in [3.05, 3.63) is 29.3 Å². The second-order valence-electron chi connectivity index (χ2n) is 3.20. The molecular formula is C11H14N2O. The minimum atomic E-state index is -0.204. The largest absolute Gasteiger partial charge is 0.496 e. The zero-order chi connectivity index (χ0) is 10.6. The van der Waals surface area contributed by atoms with Crippen LogP contribution in [0.5, 0.6) is 5.75 Å². The van der Waals surface area contributed by atoms with Gasteiger partial charge in [-0.05, 0) is 24.1 Å². The van der Waals surface area contributed by atoms with Crippen molar-refractivity contribution in [1.82, 2.24) is 0 Å². The fourth-order valence-corrected chi connectivity index (χ4v) is 1.35. The van der Waals surface area contributed by atoms with Crippen LogP contribution in [-0.2, 0) is 0 Å². The number of hydrogen-bond acceptors (Lipinski definition) is 3. The first-order valence-electron chi connectivity index (χ1n) is 4.46. The number of ether oxygens (including phenoxy) is 1. The molecule has 0 amide bonds. The highest BCUT2D eigenvalue weighted by atomic mass is 16.5. The van der Waals surface area contributed by atoms with E-state index in [1.54, 1.807) is 7.11 Å². The molecular weight excluding hydrogens is 176 g/mol. The summed E-state index contributed by atoms with van der Waals surface area (Å²) in [5, 5.41) is 8.51. The van der Waals surface area contributed by atoms with Gasteiger partial charge in [0.2, 0.25) is 0 Å². The highest BCUT2D eigenvalue weighted by Gasteiger charge is 2.07. The molecule has 0 bridgehead atoms. The van der Waals surface area contributed by atoms with Gasteiger partial charge in [0.1, 0.15) is 5.75 Å². The summed E-state index contributed by atoms with van der Waals surface area (Å²) >= 11 is 0. The first kappa shape index (κ1) is 10.6. The smallest absolute Gasteiger partial charge is 0.121 e. The summed E-state index contributed by atoms with van der Waals surface area (Å²) in [6, 6.07) is 7.59. The number of hydrogen-bond donors (Lipinski definition) is 1. The monoisotopic (exact) mass is 190 g/mol. The molecule has 1 rings (SSSR count). The summed E-state index contributed by atoms with van der Waals surface area (Å²) in [4.78, 5) is 0. The van der Waals surface area contributed by atoms with E-state index in [-0.39, 0.29) is 6.04 Å². The van der Waals surface area contributed by atoms with Gasteiger partial charge in [0, 0.05) is 6.04 Å². The van der Waals surface area contributed by atoms with E-state index in [1.165, 1.54) is 0 Å². The molecule has 0 aliphatic carbocycles. The number of aryl methyl sites for hydroxylation is 1. The number of nitrogens with zero attached hydrogens (tertiary/aromatic N) is 1. The number of rotatable bonds is 3. The van der Waals surface area contributed by atoms with Gasteiger partial charge >= 0.3 is 0 Å². The molecule has 0 fully saturated rings. The molecule has 1 aromatic carbocycles. The Kier molecular flexibility index (Phi) is 3.49. The average Bonchev–Trinajstić information content (AvgIpc) is 2.18. The number of benzene rings is 1. The highest BCUT2D eigenvalue weighted by Crippen LogP contribution is 2.22. The Morgan fingerprint density at radius 2 is 2.29 bits per heavy atom. The lowest BCUT2D eigenvalue weighted by Crippen LogP contribution is -2.09. The Hall–Kier alpha value is -1.53. The predicted molar refractivity (Wildman–Crippen MR) is 54.9 cm³/mol. The van der Waals surface area contributed by atoms with E-state index in [1.807, 2.05) is 25.1 Å². The van der Waals surface area contributed by atoms with E-state index in [0.717, 1.165) is 16.9 Å². The van der Waals surface area contributed by atoms with Crippen LogP contribution in [0.4, 0.5) is 0 Å². The first-order chi connectivity index (χ1) is 6.69. The maximum atomic E-state index is 8.51. The second-order valence-corrected chi connectivity index (χ2v) is 3.20. The third kappa shape index (κ3) is 2.24. The molecule has 0 aromatic heterocycles. The van der Waals surface area contributed by atoms with Crippen molar-refractivity contribution < 1.29 is 4.74 Å². The third-order valence-electron chi connectivity index (χ3n) is 2.16. The molecule has 0 saturated carbocycles. The summed E-state index contributed by atoms with van der Waals surface area (Å²) in [5.74, 6) is 0.845. The summed E-state index contributed by atoms with van der Waals surface area (Å²) in [6.07, 6.45) is 0.339. The van der Waals surface area contributed by atoms with Crippen LogP contribution >= 0.6 is 0 Å². The molecule has 14 heavy (non-hydrogen) atoms. The first-order valence-corrected chi connectivity index (χ1v) is 4.46. The Labute approximate surface area is 84.1 Å². The molecule has 74 valence electrons. The lowest BCUT2D eigenvalue weighted by Gasteiger charge is -2.11. The standard InChI is InChI=1S/C11H14N2O/c1-8-7-9(10(13)5-6-12)3-4-11(8)14-2/h3-4,7,10H,5,13H2,1-2H3/t10-/m0/s1. The maximum Gasteiger partial charge on any atom is 0.121 e. The van der Waals surface area contributed by atoms with Gasteiger partial charge in [-0.3, -0.25) is 0 Å². The molecule has 2 N–H and O–H groups in total. The van der Waals surface area contributed by atoms with Crippen LogP contribution < -0.4 is 10.5 Å². The zero-order valence-corrected chi connectivity index (χ0v) is 8.45. The third-order valence-corrected chi connectivity index (χ3v) is 2.16. The van der Waals surface area contributed by atoms with Crippen LogP contribution in [0.2, 0.25) is 0 Å². The fourth-order valence-electron chi connectivity index (χ4n) is 1.35. The van der Waals surface area contributed by atoms with Crippen LogP contribution in [-0.4, -0.2) is 7.11 Å². The molecule has 0 heterocycles. The summed E-state index contributed by atoms with van der Waals surface area (Å²) in [7, 11) is 1.64. The minimum absolute atomic E-state index is 0.204. The minimum Gasteiger partial charge on any atom is -0.496 e. The van der Waals surface area contributed by atoms with Gasteiger partial charge < -0.3 is 10.5 Å². The van der Waals surface area contributed by atoms with Crippen molar-refractivity contribution in [3.63, 3.8) is 0 Å². The lowest BCUT2D eigenvalue weighted by atomic mass is 10.0. The molecule has 0 spiro atoms. The van der Waals surface area contributed by atoms with Crippen molar-refractivity contribution in [1.29, 1.82) is 5.26 Å². The number of methoxy groups -OCH3 is 1. The maximum absolute atomic E-state index is 8.51. The topological polar surface area (TPSA) is 59.0 Å². The van der Waals surface area contributed by atoms with E-state index in [9.17, 15) is 0 Å². The Bertz CT molecular complexity index is 355. The van der Waals surface area contributed by atoms with Crippen LogP contribution in [0.15, 0.2) is 18.2 Å². The van der Waals surface area contributed by atoms with E-state index in [2.05, 4.69) is 6.07 Å². The molecule has 0 saturated heterocycles. The van der Waals surface area contributed by atoms with E-state index in [4.69, 9.17) is 15.7 Å². The molecule has 3 nitrogen and oxygen atoms in total. The van der Waals surface area contributed by atoms with Crippen LogP contribution in [0.25, 0.3) is 0 Å². The summed E-state index contributed by atoms with van der Waals surface area (Å²) in [6.45, 7) is 1.96. The van der Waals surface area contributed by atoms with Gasteiger partial charge in [-0.2, -0.15) is 5.26 Å². The predicted octanol–water partition coefficient (Wildman–Crippen LogP) is 1.92. The molecule has 0 radical (unpaired) electrons. The number of nitrogens with two attached hydrogens (primary N) is 1. The van der Waals surface area contributed by atoms with Crippen molar-refractivity contribution >= 4 is 0 Å². The average molecular weight is 190 g/mol. The molecule has 0 unspecified atom stereocenters. The molecule has 0 aliphatic rings. The summed E-state index contributed by atoms with van der Waals surface area (Å²) < 4.78 is 5.13. The van der Waals surface area contributed by atoms with Crippen molar-refractivity contribution in [2.24, 2.45) is 5.73 Å². The van der Waals surface area contributed by atoms with Gasteiger partial charge in [0.25, 0.3) is 0 Å². The van der Waals surface area contributed by atoms with E-state index < -0.39 is 0 Å². The SMILES string of the molecule is COc1ccc([C@@H](N)CC#N)cc1C. The quantitative estimate of drug-likeness (QED) is 0.792. The number of nitriles is 1. The summed E-state index contributed by atoms with van der Waals surface area (Å²) in [5.41, 5.74) is 7.82. The molecule has 3 heteroatoms. The highest BCUT2D eigenvalue weighted by molar-refractivity contribution is 5.37. The Morgan fingerprint density at radius 3 is 2.79 bits per heavy atom. The van der Waals surface area contributed by atoms with Crippen LogP contribution in [0.1, 0.15) is 23.6 Å². The van der Waals surface area contributed by atoms with Gasteiger partial charge in [-0.15, -0.1) is 0 Å². The molecule has 0 aliphatic heterocycles. The van der Waals surface area contributed by atoms with Crippen molar-refractivity contribution in [2.45, 2.75) is 19.4 Å². The van der Waals surface area contributed by atoms with Gasteiger partial charge in [-0.25, -0.2) is 0 Å². The molecule has 1 aromatic rings. The van der Waals surface area contributed by atoms with Crippen molar-refractivity contribution in [2.75, 3.05) is 7.11 Å². The van der Waals surface area contributed by atoms with Crippen LogP contribution in [0.3, 0.4) is 0 Å². The Morgan fingerprint density at radius 1 is 1.57 bits per heavy atom. The zero-order valence-electron chi connectivity index (χ0n) is 8.45. The van der Waals surface area contributed by atoms with Gasteiger partial charge in [0.15, 0.2) is 0 Å². The second kappa shape index (κ2) is 4.64. The van der Waals surface area contributed by atoms with Gasteiger partial charge in [-0.1, -0.05) is 12.1 Å². The van der Waals surface area contributed by atoms with Crippen LogP contribution in [0, 0.1) is 18.3 Å².